The average molecular weight is 552 g/mol. The van der Waals surface area contributed by atoms with Crippen molar-refractivity contribution in [3.63, 3.8) is 0 Å². The summed E-state index contributed by atoms with van der Waals surface area (Å²) in [5.74, 6) is 5.04. The van der Waals surface area contributed by atoms with E-state index in [1.54, 1.807) is 0 Å². The summed E-state index contributed by atoms with van der Waals surface area (Å²) in [5, 5.41) is 0. The third-order valence-electron chi connectivity index (χ3n) is 6.25. The second-order valence-corrected chi connectivity index (χ2v) is 7.25. The number of hydrogen-bond acceptors (Lipinski definition) is 0. The molecule has 0 saturated carbocycles. The molecular weight excluding hydrogens is 519 g/mol. The summed E-state index contributed by atoms with van der Waals surface area (Å²) in [6.07, 6.45) is 14.5. The minimum atomic E-state index is 0.959. The van der Waals surface area contributed by atoms with Gasteiger partial charge in [-0.1, -0.05) is 49.9 Å². The van der Waals surface area contributed by atoms with Gasteiger partial charge in [0.25, 0.3) is 0 Å². The molecular formula is C27H32Pt-2. The van der Waals surface area contributed by atoms with Crippen LogP contribution in [0.5, 0.6) is 0 Å². The van der Waals surface area contributed by atoms with Crippen LogP contribution in [0.15, 0.2) is 0 Å². The van der Waals surface area contributed by atoms with Gasteiger partial charge in [0.1, 0.15) is 0 Å². The van der Waals surface area contributed by atoms with Crippen molar-refractivity contribution in [2.24, 2.45) is 0 Å². The van der Waals surface area contributed by atoms with Crippen molar-refractivity contribution in [1.29, 1.82) is 0 Å². The summed E-state index contributed by atoms with van der Waals surface area (Å²) in [5.41, 5.74) is 14.5. The first-order valence-corrected chi connectivity index (χ1v) is 10.8. The summed E-state index contributed by atoms with van der Waals surface area (Å²) in [6, 6.07) is 0. The Balaban J connectivity index is 0.000000478. The van der Waals surface area contributed by atoms with Crippen LogP contribution in [-0.2, 0) is 19.4 Å². The zero-order valence-corrected chi connectivity index (χ0v) is 21.3. The van der Waals surface area contributed by atoms with Crippen LogP contribution in [0.4, 0.5) is 0 Å². The van der Waals surface area contributed by atoms with Crippen molar-refractivity contribution < 1.29 is 19.4 Å². The van der Waals surface area contributed by atoms with Crippen LogP contribution in [0.25, 0.3) is 0 Å². The maximum absolute atomic E-state index is 7.24. The van der Waals surface area contributed by atoms with Gasteiger partial charge in [0.2, 0.25) is 0 Å². The van der Waals surface area contributed by atoms with Gasteiger partial charge >= 0.3 is 24.3 Å². The Hall–Kier alpha value is -1.88. The molecule has 0 bridgehead atoms. The Morgan fingerprint density at radius 3 is 0.714 bits per heavy atom. The second kappa shape index (κ2) is 11.2. The molecule has 0 fully saturated rings. The Morgan fingerprint density at radius 1 is 0.429 bits per heavy atom. The van der Waals surface area contributed by atoms with Gasteiger partial charge in [-0.3, -0.25) is 11.8 Å². The summed E-state index contributed by atoms with van der Waals surface area (Å²) < 4.78 is 0. The van der Waals surface area contributed by atoms with E-state index in [1.165, 1.54) is 55.6 Å². The maximum atomic E-state index is 7.24. The molecule has 2 rings (SSSR count). The van der Waals surface area contributed by atoms with Crippen molar-refractivity contribution in [3.05, 3.63) is 79.6 Å². The van der Waals surface area contributed by atoms with E-state index in [2.05, 4.69) is 86.0 Å². The van der Waals surface area contributed by atoms with Crippen LogP contribution >= 0.6 is 0 Å². The van der Waals surface area contributed by atoms with E-state index in [0.29, 0.717) is 0 Å². The molecule has 0 spiro atoms. The first-order valence-electron chi connectivity index (χ1n) is 9.22. The number of rotatable bonds is 0. The van der Waals surface area contributed by atoms with Crippen LogP contribution in [0, 0.1) is 93.9 Å². The van der Waals surface area contributed by atoms with Crippen LogP contribution in [0.3, 0.4) is 0 Å². The van der Waals surface area contributed by atoms with Crippen molar-refractivity contribution >= 4 is 4.90 Å². The molecule has 0 atom stereocenters. The molecule has 0 N–H and O–H groups in total. The van der Waals surface area contributed by atoms with Gasteiger partial charge in [-0.2, -0.15) is 0 Å². The predicted octanol–water partition coefficient (Wildman–Crippen LogP) is 6.30. The number of benzene rings is 2. The van der Waals surface area contributed by atoms with E-state index in [1.807, 2.05) is 19.4 Å². The standard InChI is InChI=1S/2C13H15.CH2.Pt/c2*1-7-13-11(5)9(3)8(2)10(4)12(13)6;;/h2*2-6H3;1H2;/q2*-1;;. The fourth-order valence-corrected chi connectivity index (χ4v) is 3.38. The molecule has 0 heterocycles. The van der Waals surface area contributed by atoms with E-state index in [9.17, 15) is 0 Å². The Kier molecular flexibility index (Phi) is 10.4. The second-order valence-electron chi connectivity index (χ2n) is 7.25. The topological polar surface area (TPSA) is 0 Å². The van der Waals surface area contributed by atoms with Gasteiger partial charge in [0, 0.05) is 0 Å². The number of hydrogen-bond donors (Lipinski definition) is 0. The minimum absolute atomic E-state index is 0.959. The molecule has 0 aliphatic carbocycles. The van der Waals surface area contributed by atoms with Crippen molar-refractivity contribution in [3.8, 4) is 11.8 Å². The van der Waals surface area contributed by atoms with Crippen LogP contribution in [0.1, 0.15) is 66.8 Å². The molecule has 28 heavy (non-hydrogen) atoms. The fourth-order valence-electron chi connectivity index (χ4n) is 3.38. The Bertz CT molecular complexity index is 822. The van der Waals surface area contributed by atoms with E-state index in [-0.39, 0.29) is 0 Å². The van der Waals surface area contributed by atoms with Crippen molar-refractivity contribution in [2.45, 2.75) is 69.2 Å². The van der Waals surface area contributed by atoms with Gasteiger partial charge < -0.3 is 12.8 Å². The molecule has 0 unspecified atom stereocenters. The average Bonchev–Trinajstić information content (AvgIpc) is 2.70. The molecule has 0 aliphatic heterocycles. The van der Waals surface area contributed by atoms with E-state index < -0.39 is 0 Å². The normalized spacial score (nSPS) is 9.36. The van der Waals surface area contributed by atoms with E-state index >= 15 is 0 Å². The molecule has 1 heteroatoms. The van der Waals surface area contributed by atoms with Crippen molar-refractivity contribution in [1.82, 2.24) is 0 Å². The summed E-state index contributed by atoms with van der Waals surface area (Å²) in [4.78, 5) is 3.22. The predicted molar refractivity (Wildman–Crippen MR) is 120 cm³/mol. The molecule has 2 aromatic carbocycles. The van der Waals surface area contributed by atoms with Gasteiger partial charge in [-0.15, -0.1) is 33.4 Å². The van der Waals surface area contributed by atoms with Gasteiger partial charge in [-0.25, -0.2) is 0 Å². The molecule has 0 aliphatic rings. The molecule has 152 valence electrons. The molecule has 0 aromatic heterocycles. The quantitative estimate of drug-likeness (QED) is 0.266. The van der Waals surface area contributed by atoms with E-state index in [0.717, 1.165) is 11.1 Å². The first kappa shape index (κ1) is 26.1. The van der Waals surface area contributed by atoms with Crippen LogP contribution in [-0.4, -0.2) is 4.90 Å². The molecule has 2 aromatic rings. The van der Waals surface area contributed by atoms with Crippen molar-refractivity contribution in [2.75, 3.05) is 0 Å². The summed E-state index contributed by atoms with van der Waals surface area (Å²) >= 11 is 1.89. The summed E-state index contributed by atoms with van der Waals surface area (Å²) in [7, 11) is 0. The van der Waals surface area contributed by atoms with E-state index in [4.69, 9.17) is 12.8 Å². The summed E-state index contributed by atoms with van der Waals surface area (Å²) in [6.45, 7) is 21.0. The third-order valence-corrected chi connectivity index (χ3v) is 6.25. The van der Waals surface area contributed by atoms with Gasteiger partial charge in [0.15, 0.2) is 0 Å². The SMILES string of the molecule is [C-]#Cc1c(C)c(C)c(C)c(C)c1C.[C-]#Cc1c(C)c(C)c(C)c(C)c1C.[CH2]=[Pt]. The molecule has 0 amide bonds. The Morgan fingerprint density at radius 2 is 0.571 bits per heavy atom. The van der Waals surface area contributed by atoms with Gasteiger partial charge in [0.05, 0.1) is 0 Å². The zero-order valence-electron chi connectivity index (χ0n) is 19.0. The molecule has 0 nitrogen and oxygen atoms in total. The fraction of sp³-hybridized carbons (Fsp3) is 0.370. The monoisotopic (exact) mass is 551 g/mol. The van der Waals surface area contributed by atoms with Crippen LogP contribution in [0.2, 0.25) is 0 Å². The van der Waals surface area contributed by atoms with Gasteiger partial charge in [-0.05, 0) is 52.7 Å². The Labute approximate surface area is 184 Å². The van der Waals surface area contributed by atoms with Crippen LogP contribution < -0.4 is 0 Å². The zero-order chi connectivity index (χ0) is 22.3. The molecule has 0 saturated heterocycles. The molecule has 0 radical (unpaired) electrons. The third kappa shape index (κ3) is 5.13. The first-order chi connectivity index (χ1) is 13.0.